The van der Waals surface area contributed by atoms with E-state index in [0.29, 0.717) is 17.9 Å². The molecule has 0 saturated heterocycles. The standard InChI is InChI=1S/C20H22FNO5/c1-20(19(24)25,14-5-7-15(21)8-6-14)22-18(23)11-4-13-12-16(26-2)9-10-17(13)27-3/h5-10,12H,4,11H2,1-3H3,(H,22,23)(H,24,25). The minimum atomic E-state index is -1.66. The van der Waals surface area contributed by atoms with Gasteiger partial charge >= 0.3 is 5.97 Å². The maximum atomic E-state index is 13.1. The lowest BCUT2D eigenvalue weighted by molar-refractivity contribution is -0.147. The van der Waals surface area contributed by atoms with E-state index in [0.717, 1.165) is 17.7 Å². The number of carboxylic acids is 1. The predicted molar refractivity (Wildman–Crippen MR) is 97.4 cm³/mol. The summed E-state index contributed by atoms with van der Waals surface area (Å²) < 4.78 is 23.6. The fourth-order valence-corrected chi connectivity index (χ4v) is 2.70. The molecule has 0 radical (unpaired) electrons. The van der Waals surface area contributed by atoms with E-state index in [1.54, 1.807) is 25.3 Å². The fourth-order valence-electron chi connectivity index (χ4n) is 2.70. The number of aryl methyl sites for hydroxylation is 1. The number of rotatable bonds is 8. The first kappa shape index (κ1) is 20.2. The van der Waals surface area contributed by atoms with Crippen molar-refractivity contribution in [2.24, 2.45) is 0 Å². The number of ether oxygens (including phenoxy) is 2. The Hall–Kier alpha value is -3.09. The van der Waals surface area contributed by atoms with Gasteiger partial charge in [0.1, 0.15) is 17.3 Å². The molecule has 0 aliphatic carbocycles. The van der Waals surface area contributed by atoms with Crippen LogP contribution in [0.5, 0.6) is 11.5 Å². The van der Waals surface area contributed by atoms with E-state index in [4.69, 9.17) is 9.47 Å². The Morgan fingerprint density at radius 1 is 1.11 bits per heavy atom. The number of aliphatic carboxylic acids is 1. The highest BCUT2D eigenvalue weighted by Crippen LogP contribution is 2.26. The molecule has 0 aliphatic heterocycles. The summed E-state index contributed by atoms with van der Waals surface area (Å²) in [6.07, 6.45) is 0.388. The molecule has 27 heavy (non-hydrogen) atoms. The molecule has 1 amide bonds. The van der Waals surface area contributed by atoms with E-state index in [2.05, 4.69) is 5.32 Å². The topological polar surface area (TPSA) is 84.9 Å². The molecule has 0 aliphatic rings. The Balaban J connectivity index is 2.13. The monoisotopic (exact) mass is 375 g/mol. The molecule has 0 bridgehead atoms. The highest BCUT2D eigenvalue weighted by molar-refractivity contribution is 5.87. The SMILES string of the molecule is COc1ccc(OC)c(CCC(=O)NC(C)(C(=O)O)c2ccc(F)cc2)c1. The maximum Gasteiger partial charge on any atom is 0.333 e. The molecule has 2 aromatic carbocycles. The summed E-state index contributed by atoms with van der Waals surface area (Å²) in [5, 5.41) is 12.1. The molecule has 1 atom stereocenters. The van der Waals surface area contributed by atoms with Gasteiger partial charge in [0.05, 0.1) is 14.2 Å². The van der Waals surface area contributed by atoms with Crippen LogP contribution in [0.4, 0.5) is 4.39 Å². The average molecular weight is 375 g/mol. The Morgan fingerprint density at radius 2 is 1.78 bits per heavy atom. The number of hydrogen-bond donors (Lipinski definition) is 2. The zero-order valence-corrected chi connectivity index (χ0v) is 15.4. The van der Waals surface area contributed by atoms with Crippen LogP contribution in [0.25, 0.3) is 0 Å². The Bertz CT molecular complexity index is 822. The number of amides is 1. The molecule has 0 heterocycles. The lowest BCUT2D eigenvalue weighted by Gasteiger charge is -2.27. The molecule has 7 heteroatoms. The Kier molecular flexibility index (Phi) is 6.39. The van der Waals surface area contributed by atoms with E-state index in [1.165, 1.54) is 26.2 Å². The van der Waals surface area contributed by atoms with Crippen LogP contribution < -0.4 is 14.8 Å². The second kappa shape index (κ2) is 8.53. The normalized spacial score (nSPS) is 12.7. The van der Waals surface area contributed by atoms with Gasteiger partial charge in [-0.3, -0.25) is 4.79 Å². The number of halogens is 1. The first-order chi connectivity index (χ1) is 12.8. The lowest BCUT2D eigenvalue weighted by Crippen LogP contribution is -2.49. The van der Waals surface area contributed by atoms with E-state index >= 15 is 0 Å². The highest BCUT2D eigenvalue weighted by Gasteiger charge is 2.36. The number of carboxylic acid groups (broad SMARTS) is 1. The van der Waals surface area contributed by atoms with E-state index in [9.17, 15) is 19.1 Å². The van der Waals surface area contributed by atoms with Gasteiger partial charge in [-0.15, -0.1) is 0 Å². The molecule has 0 saturated carbocycles. The van der Waals surface area contributed by atoms with Crippen molar-refractivity contribution in [1.82, 2.24) is 5.32 Å². The van der Waals surface area contributed by atoms with Gasteiger partial charge < -0.3 is 19.9 Å². The van der Waals surface area contributed by atoms with Crippen LogP contribution in [0.2, 0.25) is 0 Å². The fraction of sp³-hybridized carbons (Fsp3) is 0.300. The molecular formula is C20H22FNO5. The summed E-state index contributed by atoms with van der Waals surface area (Å²) in [5.41, 5.74) is -0.613. The summed E-state index contributed by atoms with van der Waals surface area (Å²) in [4.78, 5) is 24.2. The number of benzene rings is 2. The van der Waals surface area contributed by atoms with Gasteiger partial charge in [-0.25, -0.2) is 9.18 Å². The zero-order valence-electron chi connectivity index (χ0n) is 15.4. The van der Waals surface area contributed by atoms with Gasteiger partial charge in [0, 0.05) is 6.42 Å². The zero-order chi connectivity index (χ0) is 20.0. The van der Waals surface area contributed by atoms with Crippen LogP contribution in [-0.2, 0) is 21.5 Å². The number of carbonyl (C=O) groups is 2. The number of methoxy groups -OCH3 is 2. The summed E-state index contributed by atoms with van der Waals surface area (Å²) in [7, 11) is 3.07. The van der Waals surface area contributed by atoms with Gasteiger partial charge in [0.25, 0.3) is 0 Å². The van der Waals surface area contributed by atoms with E-state index in [-0.39, 0.29) is 12.0 Å². The summed E-state index contributed by atoms with van der Waals surface area (Å²) in [6.45, 7) is 1.37. The van der Waals surface area contributed by atoms with E-state index in [1.807, 2.05) is 0 Å². The minimum absolute atomic E-state index is 0.0492. The first-order valence-electron chi connectivity index (χ1n) is 8.31. The van der Waals surface area contributed by atoms with Crippen LogP contribution >= 0.6 is 0 Å². The van der Waals surface area contributed by atoms with E-state index < -0.39 is 23.2 Å². The van der Waals surface area contributed by atoms with Crippen molar-refractivity contribution < 1.29 is 28.6 Å². The van der Waals surface area contributed by atoms with Gasteiger partial charge in [0.2, 0.25) is 5.91 Å². The van der Waals surface area contributed by atoms with Crippen LogP contribution in [0.1, 0.15) is 24.5 Å². The predicted octanol–water partition coefficient (Wildman–Crippen LogP) is 2.89. The Morgan fingerprint density at radius 3 is 2.33 bits per heavy atom. The first-order valence-corrected chi connectivity index (χ1v) is 8.31. The summed E-state index contributed by atoms with van der Waals surface area (Å²) >= 11 is 0. The second-order valence-corrected chi connectivity index (χ2v) is 6.16. The molecule has 0 aromatic heterocycles. The third-order valence-corrected chi connectivity index (χ3v) is 4.35. The quantitative estimate of drug-likeness (QED) is 0.741. The van der Waals surface area contributed by atoms with Gasteiger partial charge in [-0.1, -0.05) is 12.1 Å². The van der Waals surface area contributed by atoms with Crippen LogP contribution in [0.3, 0.4) is 0 Å². The van der Waals surface area contributed by atoms with Crippen molar-refractivity contribution in [3.63, 3.8) is 0 Å². The maximum absolute atomic E-state index is 13.1. The lowest BCUT2D eigenvalue weighted by atomic mass is 9.91. The molecule has 0 fully saturated rings. The van der Waals surface area contributed by atoms with Crippen molar-refractivity contribution in [3.8, 4) is 11.5 Å². The van der Waals surface area contributed by atoms with Crippen LogP contribution in [0.15, 0.2) is 42.5 Å². The van der Waals surface area contributed by atoms with Crippen molar-refractivity contribution in [2.75, 3.05) is 14.2 Å². The summed E-state index contributed by atoms with van der Waals surface area (Å²) in [5.74, 6) is -0.922. The third kappa shape index (κ3) is 4.75. The number of carbonyl (C=O) groups excluding carboxylic acids is 1. The van der Waals surface area contributed by atoms with Crippen molar-refractivity contribution in [2.45, 2.75) is 25.3 Å². The smallest absolute Gasteiger partial charge is 0.333 e. The average Bonchev–Trinajstić information content (AvgIpc) is 2.66. The molecule has 6 nitrogen and oxygen atoms in total. The van der Waals surface area contributed by atoms with Crippen LogP contribution in [0, 0.1) is 5.82 Å². The molecular weight excluding hydrogens is 353 g/mol. The van der Waals surface area contributed by atoms with Gasteiger partial charge in [-0.2, -0.15) is 0 Å². The van der Waals surface area contributed by atoms with Gasteiger partial charge in [-0.05, 0) is 54.8 Å². The number of hydrogen-bond acceptors (Lipinski definition) is 4. The van der Waals surface area contributed by atoms with Gasteiger partial charge in [0.15, 0.2) is 5.54 Å². The minimum Gasteiger partial charge on any atom is -0.497 e. The number of nitrogens with one attached hydrogen (secondary N) is 1. The molecule has 1 unspecified atom stereocenters. The van der Waals surface area contributed by atoms with Crippen molar-refractivity contribution >= 4 is 11.9 Å². The van der Waals surface area contributed by atoms with Crippen molar-refractivity contribution in [3.05, 3.63) is 59.4 Å². The third-order valence-electron chi connectivity index (χ3n) is 4.35. The second-order valence-electron chi connectivity index (χ2n) is 6.16. The molecule has 2 rings (SSSR count). The van der Waals surface area contributed by atoms with Crippen molar-refractivity contribution in [1.29, 1.82) is 0 Å². The molecule has 144 valence electrons. The summed E-state index contributed by atoms with van der Waals surface area (Å²) in [6, 6.07) is 10.3. The molecule has 0 spiro atoms. The molecule has 2 aromatic rings. The highest BCUT2D eigenvalue weighted by atomic mass is 19.1. The Labute approximate surface area is 156 Å². The van der Waals surface area contributed by atoms with Crippen LogP contribution in [-0.4, -0.2) is 31.2 Å². The largest absolute Gasteiger partial charge is 0.497 e. The molecule has 2 N–H and O–H groups in total.